The third-order valence-corrected chi connectivity index (χ3v) is 1.31. The highest BCUT2D eigenvalue weighted by atomic mass is 16.5. The van der Waals surface area contributed by atoms with E-state index in [0.717, 1.165) is 0 Å². The summed E-state index contributed by atoms with van der Waals surface area (Å²) in [4.78, 5) is 9.93. The van der Waals surface area contributed by atoms with Crippen molar-refractivity contribution in [2.24, 2.45) is 0 Å². The molecule has 3 heteroatoms. The van der Waals surface area contributed by atoms with Gasteiger partial charge in [-0.05, 0) is 26.0 Å². The molecule has 0 heterocycles. The lowest BCUT2D eigenvalue weighted by molar-refractivity contribution is -0.104. The summed E-state index contributed by atoms with van der Waals surface area (Å²) >= 11 is 0. The number of methoxy groups -OCH3 is 1. The predicted molar refractivity (Wildman–Crippen MR) is 42.3 cm³/mol. The van der Waals surface area contributed by atoms with Gasteiger partial charge in [-0.1, -0.05) is 0 Å². The average Bonchev–Trinajstić information content (AvgIpc) is 1.87. The van der Waals surface area contributed by atoms with Gasteiger partial charge in [0.25, 0.3) is 0 Å². The van der Waals surface area contributed by atoms with E-state index in [4.69, 9.17) is 4.74 Å². The minimum absolute atomic E-state index is 0.437. The van der Waals surface area contributed by atoms with Crippen LogP contribution in [0.5, 0.6) is 0 Å². The standard InChI is InChI=1S/C8H14O3/c1-8(2,10)7(11-3)5-4-6-9/h4-7,10H,1-3H3/b5-4-/t7-/m1/s1. The van der Waals surface area contributed by atoms with E-state index in [1.165, 1.54) is 19.3 Å². The monoisotopic (exact) mass is 158 g/mol. The summed E-state index contributed by atoms with van der Waals surface area (Å²) < 4.78 is 4.92. The normalized spacial score (nSPS) is 15.3. The molecule has 0 aromatic carbocycles. The first-order valence-corrected chi connectivity index (χ1v) is 3.39. The van der Waals surface area contributed by atoms with E-state index in [9.17, 15) is 9.90 Å². The Morgan fingerprint density at radius 3 is 2.36 bits per heavy atom. The molecule has 3 nitrogen and oxygen atoms in total. The highest BCUT2D eigenvalue weighted by Gasteiger charge is 2.23. The Hall–Kier alpha value is -0.670. The second-order valence-electron chi connectivity index (χ2n) is 2.83. The molecule has 0 bridgehead atoms. The smallest absolute Gasteiger partial charge is 0.142 e. The minimum atomic E-state index is -0.950. The van der Waals surface area contributed by atoms with Crippen molar-refractivity contribution < 1.29 is 14.6 Å². The van der Waals surface area contributed by atoms with Gasteiger partial charge in [-0.15, -0.1) is 0 Å². The van der Waals surface area contributed by atoms with E-state index in [1.54, 1.807) is 13.8 Å². The average molecular weight is 158 g/mol. The van der Waals surface area contributed by atoms with Crippen molar-refractivity contribution in [1.82, 2.24) is 0 Å². The molecular weight excluding hydrogens is 144 g/mol. The van der Waals surface area contributed by atoms with Gasteiger partial charge >= 0.3 is 0 Å². The second kappa shape index (κ2) is 4.26. The molecule has 0 aromatic rings. The van der Waals surface area contributed by atoms with Gasteiger partial charge in [-0.3, -0.25) is 4.79 Å². The number of aldehydes is 1. The number of allylic oxidation sites excluding steroid dienone is 1. The van der Waals surface area contributed by atoms with Crippen molar-refractivity contribution in [3.63, 3.8) is 0 Å². The van der Waals surface area contributed by atoms with Gasteiger partial charge in [0.1, 0.15) is 12.4 Å². The third kappa shape index (κ3) is 3.91. The van der Waals surface area contributed by atoms with Crippen LogP contribution in [0.1, 0.15) is 13.8 Å². The molecule has 0 saturated heterocycles. The van der Waals surface area contributed by atoms with Crippen LogP contribution in [0, 0.1) is 0 Å². The number of rotatable bonds is 4. The molecule has 0 aliphatic heterocycles. The first-order chi connectivity index (χ1) is 5.02. The summed E-state index contributed by atoms with van der Waals surface area (Å²) in [6.07, 6.45) is 3.05. The number of hydrogen-bond donors (Lipinski definition) is 1. The van der Waals surface area contributed by atoms with Crippen LogP contribution in [-0.4, -0.2) is 30.2 Å². The Morgan fingerprint density at radius 1 is 1.55 bits per heavy atom. The molecule has 0 rings (SSSR count). The Morgan fingerprint density at radius 2 is 2.09 bits per heavy atom. The largest absolute Gasteiger partial charge is 0.387 e. The van der Waals surface area contributed by atoms with Crippen LogP contribution < -0.4 is 0 Å². The Kier molecular flexibility index (Phi) is 4.00. The van der Waals surface area contributed by atoms with E-state index < -0.39 is 11.7 Å². The molecule has 0 fully saturated rings. The first kappa shape index (κ1) is 10.3. The van der Waals surface area contributed by atoms with Gasteiger partial charge in [-0.2, -0.15) is 0 Å². The fraction of sp³-hybridized carbons (Fsp3) is 0.625. The molecule has 0 aliphatic carbocycles. The summed E-state index contributed by atoms with van der Waals surface area (Å²) in [6.45, 7) is 3.24. The van der Waals surface area contributed by atoms with Crippen LogP contribution in [0.3, 0.4) is 0 Å². The first-order valence-electron chi connectivity index (χ1n) is 3.39. The molecule has 0 saturated carbocycles. The van der Waals surface area contributed by atoms with E-state index in [0.29, 0.717) is 6.29 Å². The highest BCUT2D eigenvalue weighted by Crippen LogP contribution is 2.12. The van der Waals surface area contributed by atoms with E-state index in [2.05, 4.69) is 0 Å². The fourth-order valence-electron chi connectivity index (χ4n) is 0.749. The quantitative estimate of drug-likeness (QED) is 0.479. The van der Waals surface area contributed by atoms with E-state index in [1.807, 2.05) is 0 Å². The summed E-state index contributed by atoms with van der Waals surface area (Å²) in [5.41, 5.74) is -0.950. The zero-order chi connectivity index (χ0) is 8.91. The maximum Gasteiger partial charge on any atom is 0.142 e. The van der Waals surface area contributed by atoms with Crippen molar-refractivity contribution in [3.8, 4) is 0 Å². The summed E-state index contributed by atoms with van der Waals surface area (Å²) in [5, 5.41) is 9.41. The SMILES string of the molecule is CO[C@H](/C=C\C=O)C(C)(C)O. The molecule has 1 N–H and O–H groups in total. The van der Waals surface area contributed by atoms with Crippen LogP contribution in [-0.2, 0) is 9.53 Å². The molecule has 0 unspecified atom stereocenters. The number of hydrogen-bond acceptors (Lipinski definition) is 3. The minimum Gasteiger partial charge on any atom is -0.387 e. The Balaban J connectivity index is 4.17. The van der Waals surface area contributed by atoms with Crippen molar-refractivity contribution in [2.75, 3.05) is 7.11 Å². The highest BCUT2D eigenvalue weighted by molar-refractivity contribution is 5.64. The van der Waals surface area contributed by atoms with Gasteiger partial charge in [0.15, 0.2) is 0 Å². The molecular formula is C8H14O3. The zero-order valence-electron chi connectivity index (χ0n) is 7.07. The van der Waals surface area contributed by atoms with Crippen LogP contribution in [0.2, 0.25) is 0 Å². The fourth-order valence-corrected chi connectivity index (χ4v) is 0.749. The van der Waals surface area contributed by atoms with Crippen LogP contribution in [0.25, 0.3) is 0 Å². The third-order valence-electron chi connectivity index (χ3n) is 1.31. The predicted octanol–water partition coefficient (Wildman–Crippen LogP) is 0.527. The number of carbonyl (C=O) groups is 1. The zero-order valence-corrected chi connectivity index (χ0v) is 7.07. The van der Waals surface area contributed by atoms with Crippen molar-refractivity contribution in [3.05, 3.63) is 12.2 Å². The van der Waals surface area contributed by atoms with Gasteiger partial charge in [0, 0.05) is 7.11 Å². The number of aliphatic hydroxyl groups is 1. The Labute approximate surface area is 66.7 Å². The molecule has 0 aromatic heterocycles. The van der Waals surface area contributed by atoms with Crippen molar-refractivity contribution >= 4 is 6.29 Å². The molecule has 0 amide bonds. The summed E-state index contributed by atoms with van der Waals surface area (Å²) in [7, 11) is 1.48. The summed E-state index contributed by atoms with van der Waals surface area (Å²) in [5.74, 6) is 0. The molecule has 64 valence electrons. The lowest BCUT2D eigenvalue weighted by Gasteiger charge is -2.24. The van der Waals surface area contributed by atoms with Crippen LogP contribution in [0.15, 0.2) is 12.2 Å². The molecule has 1 atom stereocenters. The van der Waals surface area contributed by atoms with Crippen LogP contribution in [0.4, 0.5) is 0 Å². The topological polar surface area (TPSA) is 46.5 Å². The van der Waals surface area contributed by atoms with Crippen LogP contribution >= 0.6 is 0 Å². The number of ether oxygens (including phenoxy) is 1. The van der Waals surface area contributed by atoms with Crippen molar-refractivity contribution in [1.29, 1.82) is 0 Å². The number of carbonyl (C=O) groups excluding carboxylic acids is 1. The molecule has 0 radical (unpaired) electrons. The maximum absolute atomic E-state index is 9.93. The summed E-state index contributed by atoms with van der Waals surface area (Å²) in [6, 6.07) is 0. The Bertz CT molecular complexity index is 144. The van der Waals surface area contributed by atoms with E-state index in [-0.39, 0.29) is 0 Å². The van der Waals surface area contributed by atoms with Gasteiger partial charge in [0.2, 0.25) is 0 Å². The molecule has 0 aliphatic rings. The van der Waals surface area contributed by atoms with Gasteiger partial charge < -0.3 is 9.84 Å². The molecule has 11 heavy (non-hydrogen) atoms. The lowest BCUT2D eigenvalue weighted by atomic mass is 10.0. The maximum atomic E-state index is 9.93. The lowest BCUT2D eigenvalue weighted by Crippen LogP contribution is -2.35. The van der Waals surface area contributed by atoms with Gasteiger partial charge in [-0.25, -0.2) is 0 Å². The second-order valence-corrected chi connectivity index (χ2v) is 2.83. The molecule has 0 spiro atoms. The van der Waals surface area contributed by atoms with Gasteiger partial charge in [0.05, 0.1) is 5.60 Å². The van der Waals surface area contributed by atoms with E-state index >= 15 is 0 Å². The van der Waals surface area contributed by atoms with Crippen molar-refractivity contribution in [2.45, 2.75) is 25.6 Å².